The van der Waals surface area contributed by atoms with Crippen molar-refractivity contribution in [1.82, 2.24) is 10.2 Å². The Labute approximate surface area is 138 Å². The molecular formula is C17H26Cl2N2. The molecular weight excluding hydrogens is 303 g/mol. The summed E-state index contributed by atoms with van der Waals surface area (Å²) in [5.74, 6) is 0. The van der Waals surface area contributed by atoms with Gasteiger partial charge < -0.3 is 10.2 Å². The molecule has 0 amide bonds. The summed E-state index contributed by atoms with van der Waals surface area (Å²) >= 11 is 12.5. The Bertz CT molecular complexity index is 450. The van der Waals surface area contributed by atoms with Crippen molar-refractivity contribution in [2.75, 3.05) is 19.6 Å². The molecule has 0 aromatic heterocycles. The van der Waals surface area contributed by atoms with Gasteiger partial charge in [0.2, 0.25) is 0 Å². The van der Waals surface area contributed by atoms with E-state index in [4.69, 9.17) is 23.2 Å². The normalized spacial score (nSPS) is 21.4. The molecule has 0 saturated carbocycles. The lowest BCUT2D eigenvalue weighted by molar-refractivity contribution is 0.153. The monoisotopic (exact) mass is 328 g/mol. The third-order valence-electron chi connectivity index (χ3n) is 4.45. The van der Waals surface area contributed by atoms with E-state index in [1.54, 1.807) is 0 Å². The molecule has 118 valence electrons. The molecule has 0 spiro atoms. The largest absolute Gasteiger partial charge is 0.310 e. The first-order valence-electron chi connectivity index (χ1n) is 8.04. The molecule has 0 radical (unpaired) electrons. The van der Waals surface area contributed by atoms with Crippen molar-refractivity contribution in [3.05, 3.63) is 33.8 Å². The summed E-state index contributed by atoms with van der Waals surface area (Å²) in [5.41, 5.74) is 1.12. The van der Waals surface area contributed by atoms with Crippen molar-refractivity contribution < 1.29 is 0 Å². The highest BCUT2D eigenvalue weighted by Crippen LogP contribution is 2.31. The van der Waals surface area contributed by atoms with Crippen LogP contribution in [0.1, 0.15) is 51.1 Å². The molecule has 0 aliphatic carbocycles. The van der Waals surface area contributed by atoms with Gasteiger partial charge >= 0.3 is 0 Å². The Balaban J connectivity index is 2.03. The molecule has 4 heteroatoms. The molecule has 21 heavy (non-hydrogen) atoms. The van der Waals surface area contributed by atoms with Crippen molar-refractivity contribution in [2.45, 2.75) is 51.6 Å². The Morgan fingerprint density at radius 1 is 1.33 bits per heavy atom. The number of nitrogens with one attached hydrogen (secondary N) is 1. The van der Waals surface area contributed by atoms with Gasteiger partial charge in [0.1, 0.15) is 0 Å². The molecule has 2 rings (SSSR count). The molecule has 1 aromatic carbocycles. The van der Waals surface area contributed by atoms with Gasteiger partial charge in [-0.1, -0.05) is 48.7 Å². The number of rotatable bonds is 6. The van der Waals surface area contributed by atoms with Crippen molar-refractivity contribution in [3.8, 4) is 0 Å². The Morgan fingerprint density at radius 2 is 2.14 bits per heavy atom. The van der Waals surface area contributed by atoms with E-state index in [1.807, 2.05) is 12.1 Å². The average molecular weight is 329 g/mol. The van der Waals surface area contributed by atoms with E-state index in [2.05, 4.69) is 30.1 Å². The second-order valence-electron chi connectivity index (χ2n) is 5.92. The van der Waals surface area contributed by atoms with Crippen LogP contribution < -0.4 is 5.32 Å². The number of likely N-dealkylation sites (tertiary alicyclic amines) is 1. The number of hydrogen-bond donors (Lipinski definition) is 1. The zero-order chi connectivity index (χ0) is 15.2. The summed E-state index contributed by atoms with van der Waals surface area (Å²) in [4.78, 5) is 2.60. The van der Waals surface area contributed by atoms with Crippen LogP contribution >= 0.6 is 23.2 Å². The minimum atomic E-state index is 0.273. The summed E-state index contributed by atoms with van der Waals surface area (Å²) in [6.45, 7) is 7.75. The average Bonchev–Trinajstić information content (AvgIpc) is 2.48. The molecule has 1 N–H and O–H groups in total. The highest BCUT2D eigenvalue weighted by molar-refractivity contribution is 6.42. The van der Waals surface area contributed by atoms with Gasteiger partial charge in [-0.2, -0.15) is 0 Å². The van der Waals surface area contributed by atoms with Gasteiger partial charge in [0.15, 0.2) is 0 Å². The zero-order valence-corrected chi connectivity index (χ0v) is 14.6. The summed E-state index contributed by atoms with van der Waals surface area (Å²) in [6, 6.07) is 6.90. The Morgan fingerprint density at radius 3 is 2.86 bits per heavy atom. The van der Waals surface area contributed by atoms with E-state index in [0.717, 1.165) is 25.1 Å². The second kappa shape index (κ2) is 8.38. The topological polar surface area (TPSA) is 15.3 Å². The third-order valence-corrected chi connectivity index (χ3v) is 5.29. The van der Waals surface area contributed by atoms with Gasteiger partial charge in [0.25, 0.3) is 0 Å². The summed E-state index contributed by atoms with van der Waals surface area (Å²) in [7, 11) is 0. The SMILES string of the molecule is CCNC(CCN1CCCCC1C)c1cccc(Cl)c1Cl. The van der Waals surface area contributed by atoms with Gasteiger partial charge in [-0.05, 0) is 50.9 Å². The lowest BCUT2D eigenvalue weighted by Crippen LogP contribution is -2.39. The predicted molar refractivity (Wildman–Crippen MR) is 92.4 cm³/mol. The van der Waals surface area contributed by atoms with Crippen LogP contribution in [0.3, 0.4) is 0 Å². The number of piperidine rings is 1. The van der Waals surface area contributed by atoms with Crippen LogP contribution in [0.5, 0.6) is 0 Å². The number of nitrogens with zero attached hydrogens (tertiary/aromatic N) is 1. The van der Waals surface area contributed by atoms with E-state index >= 15 is 0 Å². The molecule has 2 unspecified atom stereocenters. The first-order valence-corrected chi connectivity index (χ1v) is 8.80. The van der Waals surface area contributed by atoms with Crippen molar-refractivity contribution in [1.29, 1.82) is 0 Å². The number of hydrogen-bond acceptors (Lipinski definition) is 2. The van der Waals surface area contributed by atoms with Crippen LogP contribution in [0.2, 0.25) is 10.0 Å². The molecule has 1 aliphatic rings. The smallest absolute Gasteiger partial charge is 0.0640 e. The van der Waals surface area contributed by atoms with Crippen LogP contribution in [0.4, 0.5) is 0 Å². The molecule has 2 atom stereocenters. The zero-order valence-electron chi connectivity index (χ0n) is 13.0. The summed E-state index contributed by atoms with van der Waals surface area (Å²) in [6.07, 6.45) is 5.09. The maximum Gasteiger partial charge on any atom is 0.0640 e. The molecule has 1 fully saturated rings. The van der Waals surface area contributed by atoms with Crippen LogP contribution in [0.15, 0.2) is 18.2 Å². The van der Waals surface area contributed by atoms with Gasteiger partial charge in [0.05, 0.1) is 10.0 Å². The first kappa shape index (κ1) is 17.1. The molecule has 2 nitrogen and oxygen atoms in total. The summed E-state index contributed by atoms with van der Waals surface area (Å²) in [5, 5.41) is 4.89. The fraction of sp³-hybridized carbons (Fsp3) is 0.647. The fourth-order valence-corrected chi connectivity index (χ4v) is 3.63. The van der Waals surface area contributed by atoms with Crippen molar-refractivity contribution in [3.63, 3.8) is 0 Å². The van der Waals surface area contributed by atoms with Crippen LogP contribution in [-0.4, -0.2) is 30.6 Å². The van der Waals surface area contributed by atoms with Crippen LogP contribution in [0, 0.1) is 0 Å². The Kier molecular flexibility index (Phi) is 6.81. The van der Waals surface area contributed by atoms with Crippen LogP contribution in [0.25, 0.3) is 0 Å². The fourth-order valence-electron chi connectivity index (χ4n) is 3.19. The minimum Gasteiger partial charge on any atom is -0.310 e. The van der Waals surface area contributed by atoms with Gasteiger partial charge in [-0.15, -0.1) is 0 Å². The van der Waals surface area contributed by atoms with Crippen molar-refractivity contribution in [2.24, 2.45) is 0 Å². The van der Waals surface area contributed by atoms with Gasteiger partial charge in [-0.3, -0.25) is 0 Å². The molecule has 0 bridgehead atoms. The molecule has 1 aromatic rings. The van der Waals surface area contributed by atoms with Crippen LogP contribution in [-0.2, 0) is 0 Å². The predicted octanol–water partition coefficient (Wildman–Crippen LogP) is 4.91. The Hall–Kier alpha value is -0.280. The lowest BCUT2D eigenvalue weighted by atomic mass is 10.00. The standard InChI is InChI=1S/C17H26Cl2N2/c1-3-20-16(14-8-6-9-15(18)17(14)19)10-12-21-11-5-4-7-13(21)2/h6,8-9,13,16,20H,3-5,7,10-12H2,1-2H3. The van der Waals surface area contributed by atoms with E-state index in [1.165, 1.54) is 25.8 Å². The number of benzene rings is 1. The highest BCUT2D eigenvalue weighted by Gasteiger charge is 2.21. The van der Waals surface area contributed by atoms with E-state index in [0.29, 0.717) is 16.1 Å². The van der Waals surface area contributed by atoms with Gasteiger partial charge in [0, 0.05) is 18.6 Å². The van der Waals surface area contributed by atoms with E-state index in [9.17, 15) is 0 Å². The maximum absolute atomic E-state index is 6.39. The van der Waals surface area contributed by atoms with E-state index in [-0.39, 0.29) is 6.04 Å². The number of halogens is 2. The molecule has 1 aliphatic heterocycles. The quantitative estimate of drug-likeness (QED) is 0.798. The molecule has 1 heterocycles. The minimum absolute atomic E-state index is 0.273. The maximum atomic E-state index is 6.39. The van der Waals surface area contributed by atoms with E-state index < -0.39 is 0 Å². The molecule has 1 saturated heterocycles. The first-order chi connectivity index (χ1) is 10.1. The van der Waals surface area contributed by atoms with Gasteiger partial charge in [-0.25, -0.2) is 0 Å². The highest BCUT2D eigenvalue weighted by atomic mass is 35.5. The second-order valence-corrected chi connectivity index (χ2v) is 6.71. The van der Waals surface area contributed by atoms with Crippen molar-refractivity contribution >= 4 is 23.2 Å². The lowest BCUT2D eigenvalue weighted by Gasteiger charge is -2.34. The summed E-state index contributed by atoms with van der Waals surface area (Å²) < 4.78 is 0. The third kappa shape index (κ3) is 4.59.